The third-order valence-electron chi connectivity index (χ3n) is 4.41. The van der Waals surface area contributed by atoms with Crippen molar-refractivity contribution in [2.75, 3.05) is 6.79 Å². The summed E-state index contributed by atoms with van der Waals surface area (Å²) in [5.74, 6) is 0.966. The lowest BCUT2D eigenvalue weighted by atomic mass is 9.86. The Morgan fingerprint density at radius 2 is 1.87 bits per heavy atom. The summed E-state index contributed by atoms with van der Waals surface area (Å²) in [5.41, 5.74) is 1.95. The van der Waals surface area contributed by atoms with E-state index in [1.807, 2.05) is 12.1 Å². The monoisotopic (exact) mass is 313 g/mol. The summed E-state index contributed by atoms with van der Waals surface area (Å²) in [4.78, 5) is 24.6. The van der Waals surface area contributed by atoms with Gasteiger partial charge in [-0.1, -0.05) is 6.07 Å². The van der Waals surface area contributed by atoms with E-state index in [0.717, 1.165) is 11.3 Å². The first-order chi connectivity index (χ1) is 11.0. The van der Waals surface area contributed by atoms with Crippen molar-refractivity contribution in [2.45, 2.75) is 19.3 Å². The van der Waals surface area contributed by atoms with E-state index in [1.54, 1.807) is 30.7 Å². The zero-order chi connectivity index (χ0) is 16.1. The normalized spacial score (nSPS) is 18.5. The minimum Gasteiger partial charge on any atom is -0.454 e. The fraction of sp³-hybridized carbons (Fsp3) is 0.294. The number of ether oxygens (including phenoxy) is 3. The highest BCUT2D eigenvalue weighted by Crippen LogP contribution is 2.41. The van der Waals surface area contributed by atoms with Crippen LogP contribution in [0.2, 0.25) is 0 Å². The average Bonchev–Trinajstić information content (AvgIpc) is 2.99. The number of fused-ring (bicyclic) bond motifs is 2. The molecule has 0 amide bonds. The average molecular weight is 313 g/mol. The molecule has 0 bridgehead atoms. The minimum absolute atomic E-state index is 0.130. The van der Waals surface area contributed by atoms with Crippen molar-refractivity contribution in [3.05, 3.63) is 51.4 Å². The highest BCUT2D eigenvalue weighted by Gasteiger charge is 2.33. The Hall–Kier alpha value is -2.76. The maximum atomic E-state index is 12.7. The second-order valence-electron chi connectivity index (χ2n) is 5.77. The first-order valence-corrected chi connectivity index (χ1v) is 7.35. The van der Waals surface area contributed by atoms with Crippen LogP contribution in [0.3, 0.4) is 0 Å². The van der Waals surface area contributed by atoms with Gasteiger partial charge in [0.05, 0.1) is 12.0 Å². The van der Waals surface area contributed by atoms with Crippen LogP contribution in [0, 0.1) is 6.92 Å². The van der Waals surface area contributed by atoms with Gasteiger partial charge in [-0.15, -0.1) is 0 Å². The first-order valence-electron chi connectivity index (χ1n) is 7.35. The fourth-order valence-electron chi connectivity index (χ4n) is 3.06. The third kappa shape index (κ3) is 2.10. The molecule has 6 heteroatoms. The molecule has 0 spiro atoms. The number of carbonyl (C=O) groups excluding carboxylic acids is 1. The summed E-state index contributed by atoms with van der Waals surface area (Å²) < 4.78 is 17.6. The molecule has 6 nitrogen and oxygen atoms in total. The zero-order valence-electron chi connectivity index (χ0n) is 12.8. The Bertz CT molecular complexity index is 883. The number of carbonyl (C=O) groups is 1. The van der Waals surface area contributed by atoms with E-state index in [2.05, 4.69) is 0 Å². The molecule has 2 aliphatic heterocycles. The van der Waals surface area contributed by atoms with Crippen LogP contribution in [0.4, 0.5) is 0 Å². The molecule has 0 N–H and O–H groups in total. The molecule has 1 aromatic heterocycles. The van der Waals surface area contributed by atoms with Gasteiger partial charge >= 0.3 is 5.97 Å². The quantitative estimate of drug-likeness (QED) is 0.752. The molecular formula is C17H15NO5. The second kappa shape index (κ2) is 4.87. The Labute approximate surface area is 132 Å². The fourth-order valence-corrected chi connectivity index (χ4v) is 3.06. The van der Waals surface area contributed by atoms with Gasteiger partial charge in [0.15, 0.2) is 11.5 Å². The van der Waals surface area contributed by atoms with Crippen LogP contribution in [-0.4, -0.2) is 17.3 Å². The van der Waals surface area contributed by atoms with Crippen molar-refractivity contribution < 1.29 is 19.0 Å². The van der Waals surface area contributed by atoms with Crippen molar-refractivity contribution in [3.63, 3.8) is 0 Å². The van der Waals surface area contributed by atoms with Crippen LogP contribution < -0.4 is 19.8 Å². The number of rotatable bonds is 1. The molecule has 2 aliphatic rings. The van der Waals surface area contributed by atoms with Crippen LogP contribution in [0.1, 0.15) is 29.2 Å². The summed E-state index contributed by atoms with van der Waals surface area (Å²) in [5, 5.41) is 0. The van der Waals surface area contributed by atoms with Crippen LogP contribution in [0.5, 0.6) is 17.2 Å². The Kier molecular flexibility index (Phi) is 2.94. The van der Waals surface area contributed by atoms with Crippen LogP contribution >= 0.6 is 0 Å². The summed E-state index contributed by atoms with van der Waals surface area (Å²) in [6.07, 6.45) is 0.130. The second-order valence-corrected chi connectivity index (χ2v) is 5.77. The van der Waals surface area contributed by atoms with Gasteiger partial charge in [-0.2, -0.15) is 0 Å². The summed E-state index contributed by atoms with van der Waals surface area (Å²) in [6, 6.07) is 7.22. The Balaban J connectivity index is 1.90. The summed E-state index contributed by atoms with van der Waals surface area (Å²) in [6.45, 7) is 1.99. The molecule has 118 valence electrons. The molecule has 1 aromatic carbocycles. The first kappa shape index (κ1) is 13.9. The number of nitrogens with zero attached hydrogens (tertiary/aromatic N) is 1. The number of hydrogen-bond donors (Lipinski definition) is 0. The molecule has 23 heavy (non-hydrogen) atoms. The largest absolute Gasteiger partial charge is 0.454 e. The molecule has 0 fully saturated rings. The van der Waals surface area contributed by atoms with Crippen molar-refractivity contribution in [3.8, 4) is 17.2 Å². The van der Waals surface area contributed by atoms with E-state index in [1.165, 1.54) is 0 Å². The number of aryl methyl sites for hydroxylation is 1. The highest BCUT2D eigenvalue weighted by atomic mass is 16.7. The molecule has 0 saturated carbocycles. The van der Waals surface area contributed by atoms with Crippen molar-refractivity contribution in [1.82, 2.24) is 4.57 Å². The van der Waals surface area contributed by atoms with E-state index in [4.69, 9.17) is 14.2 Å². The molecule has 0 saturated heterocycles. The highest BCUT2D eigenvalue weighted by molar-refractivity contribution is 5.77. The van der Waals surface area contributed by atoms with E-state index >= 15 is 0 Å². The van der Waals surface area contributed by atoms with Gasteiger partial charge in [0.25, 0.3) is 5.56 Å². The number of hydrogen-bond acceptors (Lipinski definition) is 5. The van der Waals surface area contributed by atoms with E-state index in [9.17, 15) is 9.59 Å². The number of benzene rings is 1. The predicted octanol–water partition coefficient (Wildman–Crippen LogP) is 1.86. The van der Waals surface area contributed by atoms with Gasteiger partial charge in [0.1, 0.15) is 5.75 Å². The van der Waals surface area contributed by atoms with Gasteiger partial charge in [-0.3, -0.25) is 9.59 Å². The lowest BCUT2D eigenvalue weighted by molar-refractivity contribution is -0.135. The van der Waals surface area contributed by atoms with Crippen LogP contribution in [-0.2, 0) is 11.8 Å². The van der Waals surface area contributed by atoms with Gasteiger partial charge in [0, 0.05) is 24.7 Å². The molecule has 1 unspecified atom stereocenters. The standard InChI is InChI=1S/C17H15NO5/c1-9-5-14-16(17(20)18(9)2)11(7-15(19)23-14)10-3-4-12-13(6-10)22-8-21-12/h3-6,11H,7-8H2,1-2H3. The van der Waals surface area contributed by atoms with E-state index in [0.29, 0.717) is 22.8 Å². The molecule has 3 heterocycles. The molecule has 1 atom stereocenters. The maximum absolute atomic E-state index is 12.7. The summed E-state index contributed by atoms with van der Waals surface area (Å²) in [7, 11) is 1.71. The predicted molar refractivity (Wildman–Crippen MR) is 81.1 cm³/mol. The minimum atomic E-state index is -0.347. The smallest absolute Gasteiger partial charge is 0.312 e. The molecule has 0 radical (unpaired) electrons. The van der Waals surface area contributed by atoms with Gasteiger partial charge in [0.2, 0.25) is 6.79 Å². The van der Waals surface area contributed by atoms with E-state index in [-0.39, 0.29) is 30.7 Å². The van der Waals surface area contributed by atoms with Crippen molar-refractivity contribution >= 4 is 5.97 Å². The Morgan fingerprint density at radius 3 is 2.70 bits per heavy atom. The lowest BCUT2D eigenvalue weighted by Crippen LogP contribution is -2.31. The maximum Gasteiger partial charge on any atom is 0.312 e. The zero-order valence-corrected chi connectivity index (χ0v) is 12.8. The van der Waals surface area contributed by atoms with Gasteiger partial charge in [-0.05, 0) is 24.6 Å². The lowest BCUT2D eigenvalue weighted by Gasteiger charge is -2.25. The molecule has 4 rings (SSSR count). The summed E-state index contributed by atoms with van der Waals surface area (Å²) >= 11 is 0. The number of aromatic nitrogens is 1. The third-order valence-corrected chi connectivity index (χ3v) is 4.41. The molecular weight excluding hydrogens is 298 g/mol. The van der Waals surface area contributed by atoms with Crippen LogP contribution in [0.25, 0.3) is 0 Å². The van der Waals surface area contributed by atoms with Crippen LogP contribution in [0.15, 0.2) is 29.1 Å². The number of pyridine rings is 1. The van der Waals surface area contributed by atoms with Gasteiger partial charge < -0.3 is 18.8 Å². The molecule has 0 aliphatic carbocycles. The van der Waals surface area contributed by atoms with Crippen molar-refractivity contribution in [2.24, 2.45) is 7.05 Å². The van der Waals surface area contributed by atoms with Gasteiger partial charge in [-0.25, -0.2) is 0 Å². The SMILES string of the molecule is Cc1cc2c(c(=O)n1C)C(c1ccc3c(c1)OCO3)CC(=O)O2. The number of esters is 1. The molecule has 2 aromatic rings. The van der Waals surface area contributed by atoms with Crippen molar-refractivity contribution in [1.29, 1.82) is 0 Å². The van der Waals surface area contributed by atoms with E-state index < -0.39 is 0 Å². The Morgan fingerprint density at radius 1 is 1.09 bits per heavy atom. The topological polar surface area (TPSA) is 66.8 Å².